The van der Waals surface area contributed by atoms with Crippen LogP contribution in [-0.4, -0.2) is 36.5 Å². The highest BCUT2D eigenvalue weighted by atomic mass is 16.2. The molecule has 1 fully saturated rings. The van der Waals surface area contributed by atoms with Gasteiger partial charge in [0.2, 0.25) is 5.91 Å². The average Bonchev–Trinajstić information content (AvgIpc) is 2.27. The second-order valence-electron chi connectivity index (χ2n) is 4.78. The molecule has 1 aliphatic heterocycles. The third-order valence-corrected chi connectivity index (χ3v) is 3.26. The number of rotatable bonds is 5. The molecule has 0 spiro atoms. The Morgan fingerprint density at radius 2 is 2.18 bits per heavy atom. The fourth-order valence-corrected chi connectivity index (χ4v) is 2.35. The van der Waals surface area contributed by atoms with Gasteiger partial charge in [-0.25, -0.2) is 0 Å². The van der Waals surface area contributed by atoms with Crippen molar-refractivity contribution in [3.8, 4) is 0 Å². The van der Waals surface area contributed by atoms with Crippen molar-refractivity contribution in [1.29, 1.82) is 0 Å². The Labute approximate surface area is 105 Å². The van der Waals surface area contributed by atoms with Crippen LogP contribution in [0.3, 0.4) is 0 Å². The Morgan fingerprint density at radius 3 is 2.88 bits per heavy atom. The van der Waals surface area contributed by atoms with E-state index in [1.54, 1.807) is 0 Å². The van der Waals surface area contributed by atoms with Gasteiger partial charge in [0.1, 0.15) is 0 Å². The van der Waals surface area contributed by atoms with E-state index in [1.165, 1.54) is 19.3 Å². The SMILES string of the molecule is C=CCN(CCC)C(=O)C1CCCCCCN1. The molecule has 1 saturated heterocycles. The lowest BCUT2D eigenvalue weighted by molar-refractivity contribution is -0.133. The maximum atomic E-state index is 12.4. The lowest BCUT2D eigenvalue weighted by atomic mass is 10.0. The molecule has 0 radical (unpaired) electrons. The first kappa shape index (κ1) is 14.2. The van der Waals surface area contributed by atoms with E-state index < -0.39 is 0 Å². The molecule has 0 aromatic rings. The fraction of sp³-hybridized carbons (Fsp3) is 0.786. The number of hydrogen-bond donors (Lipinski definition) is 1. The Balaban J connectivity index is 2.53. The zero-order valence-electron chi connectivity index (χ0n) is 11.1. The van der Waals surface area contributed by atoms with Crippen molar-refractivity contribution >= 4 is 5.91 Å². The Bertz CT molecular complexity index is 232. The molecule has 1 unspecified atom stereocenters. The predicted octanol–water partition coefficient (Wildman–Crippen LogP) is 2.33. The van der Waals surface area contributed by atoms with Gasteiger partial charge in [-0.05, 0) is 25.8 Å². The topological polar surface area (TPSA) is 32.3 Å². The fourth-order valence-electron chi connectivity index (χ4n) is 2.35. The summed E-state index contributed by atoms with van der Waals surface area (Å²) in [5, 5.41) is 3.39. The quantitative estimate of drug-likeness (QED) is 0.746. The van der Waals surface area contributed by atoms with Gasteiger partial charge in [0.25, 0.3) is 0 Å². The molecule has 0 aromatic carbocycles. The zero-order chi connectivity index (χ0) is 12.5. The van der Waals surface area contributed by atoms with Gasteiger partial charge in [-0.15, -0.1) is 6.58 Å². The van der Waals surface area contributed by atoms with Crippen LogP contribution in [0.5, 0.6) is 0 Å². The van der Waals surface area contributed by atoms with Crippen LogP contribution in [0, 0.1) is 0 Å². The third kappa shape index (κ3) is 4.90. The molecule has 1 rings (SSSR count). The summed E-state index contributed by atoms with van der Waals surface area (Å²) in [7, 11) is 0. The summed E-state index contributed by atoms with van der Waals surface area (Å²) in [6.07, 6.45) is 8.72. The molecule has 3 heteroatoms. The van der Waals surface area contributed by atoms with E-state index in [-0.39, 0.29) is 11.9 Å². The van der Waals surface area contributed by atoms with E-state index in [0.29, 0.717) is 6.54 Å². The van der Waals surface area contributed by atoms with Gasteiger partial charge in [0.05, 0.1) is 6.04 Å². The molecule has 0 bridgehead atoms. The summed E-state index contributed by atoms with van der Waals surface area (Å²) >= 11 is 0. The molecule has 1 amide bonds. The van der Waals surface area contributed by atoms with Crippen molar-refractivity contribution in [2.24, 2.45) is 0 Å². The normalized spacial score (nSPS) is 21.4. The van der Waals surface area contributed by atoms with Gasteiger partial charge in [-0.1, -0.05) is 32.3 Å². The number of amides is 1. The highest BCUT2D eigenvalue weighted by molar-refractivity contribution is 5.82. The Hall–Kier alpha value is -0.830. The molecule has 0 saturated carbocycles. The average molecular weight is 238 g/mol. The predicted molar refractivity (Wildman–Crippen MR) is 71.9 cm³/mol. The first-order valence-electron chi connectivity index (χ1n) is 6.92. The largest absolute Gasteiger partial charge is 0.338 e. The van der Waals surface area contributed by atoms with E-state index in [4.69, 9.17) is 0 Å². The van der Waals surface area contributed by atoms with Gasteiger partial charge in [0, 0.05) is 13.1 Å². The minimum atomic E-state index is 0.0294. The van der Waals surface area contributed by atoms with Gasteiger partial charge in [-0.2, -0.15) is 0 Å². The molecule has 0 aliphatic carbocycles. The molecule has 1 aliphatic rings. The van der Waals surface area contributed by atoms with Gasteiger partial charge in [0.15, 0.2) is 0 Å². The van der Waals surface area contributed by atoms with Crippen LogP contribution in [0.15, 0.2) is 12.7 Å². The second kappa shape index (κ2) is 8.29. The van der Waals surface area contributed by atoms with Crippen molar-refractivity contribution in [1.82, 2.24) is 10.2 Å². The molecule has 0 aromatic heterocycles. The van der Waals surface area contributed by atoms with Crippen LogP contribution < -0.4 is 5.32 Å². The lowest BCUT2D eigenvalue weighted by Crippen LogP contribution is -2.47. The van der Waals surface area contributed by atoms with Gasteiger partial charge >= 0.3 is 0 Å². The van der Waals surface area contributed by atoms with E-state index >= 15 is 0 Å². The maximum Gasteiger partial charge on any atom is 0.239 e. The summed E-state index contributed by atoms with van der Waals surface area (Å²) in [5.74, 6) is 0.258. The van der Waals surface area contributed by atoms with Crippen molar-refractivity contribution in [2.45, 2.75) is 51.5 Å². The first-order valence-corrected chi connectivity index (χ1v) is 6.92. The molecule has 1 heterocycles. The van der Waals surface area contributed by atoms with Crippen LogP contribution >= 0.6 is 0 Å². The van der Waals surface area contributed by atoms with Crippen LogP contribution in [0.1, 0.15) is 45.4 Å². The highest BCUT2D eigenvalue weighted by Crippen LogP contribution is 2.11. The summed E-state index contributed by atoms with van der Waals surface area (Å²) in [4.78, 5) is 14.3. The summed E-state index contributed by atoms with van der Waals surface area (Å²) in [5.41, 5.74) is 0. The van der Waals surface area contributed by atoms with E-state index in [1.807, 2.05) is 11.0 Å². The molecule has 1 N–H and O–H groups in total. The van der Waals surface area contributed by atoms with Gasteiger partial charge < -0.3 is 10.2 Å². The number of carbonyl (C=O) groups excluding carboxylic acids is 1. The van der Waals surface area contributed by atoms with Crippen LogP contribution in [-0.2, 0) is 4.79 Å². The molecule has 17 heavy (non-hydrogen) atoms. The number of nitrogens with zero attached hydrogens (tertiary/aromatic N) is 1. The van der Waals surface area contributed by atoms with E-state index in [2.05, 4.69) is 18.8 Å². The van der Waals surface area contributed by atoms with Crippen LogP contribution in [0.4, 0.5) is 0 Å². The van der Waals surface area contributed by atoms with E-state index in [0.717, 1.165) is 32.4 Å². The monoisotopic (exact) mass is 238 g/mol. The minimum Gasteiger partial charge on any atom is -0.338 e. The number of hydrogen-bond acceptors (Lipinski definition) is 2. The molecule has 3 nitrogen and oxygen atoms in total. The number of carbonyl (C=O) groups is 1. The van der Waals surface area contributed by atoms with Crippen LogP contribution in [0.2, 0.25) is 0 Å². The lowest BCUT2D eigenvalue weighted by Gasteiger charge is -2.28. The summed E-state index contributed by atoms with van der Waals surface area (Å²) in [6.45, 7) is 8.32. The standard InChI is InChI=1S/C14H26N2O/c1-3-11-16(12-4-2)14(17)13-9-7-5-6-8-10-15-13/h3,13,15H,1,4-12H2,2H3. The van der Waals surface area contributed by atoms with Crippen molar-refractivity contribution in [3.05, 3.63) is 12.7 Å². The third-order valence-electron chi connectivity index (χ3n) is 3.26. The van der Waals surface area contributed by atoms with Crippen LogP contribution in [0.25, 0.3) is 0 Å². The van der Waals surface area contributed by atoms with Gasteiger partial charge in [-0.3, -0.25) is 4.79 Å². The summed E-state index contributed by atoms with van der Waals surface area (Å²) in [6, 6.07) is 0.0294. The molecule has 1 atom stereocenters. The molecular formula is C14H26N2O. The number of nitrogens with one attached hydrogen (secondary N) is 1. The zero-order valence-corrected chi connectivity index (χ0v) is 11.1. The van der Waals surface area contributed by atoms with Crippen molar-refractivity contribution < 1.29 is 4.79 Å². The first-order chi connectivity index (χ1) is 8.29. The minimum absolute atomic E-state index is 0.0294. The van der Waals surface area contributed by atoms with Crippen molar-refractivity contribution in [2.75, 3.05) is 19.6 Å². The highest BCUT2D eigenvalue weighted by Gasteiger charge is 2.22. The Morgan fingerprint density at radius 1 is 1.41 bits per heavy atom. The molecule has 98 valence electrons. The second-order valence-corrected chi connectivity index (χ2v) is 4.78. The summed E-state index contributed by atoms with van der Waals surface area (Å²) < 4.78 is 0. The van der Waals surface area contributed by atoms with Crippen molar-refractivity contribution in [3.63, 3.8) is 0 Å². The maximum absolute atomic E-state index is 12.4. The molecular weight excluding hydrogens is 212 g/mol. The Kier molecular flexibility index (Phi) is 6.94. The van der Waals surface area contributed by atoms with E-state index in [9.17, 15) is 4.79 Å². The smallest absolute Gasteiger partial charge is 0.239 e.